The zero-order valence-electron chi connectivity index (χ0n) is 23.7. The quantitative estimate of drug-likeness (QED) is 0.400. The Morgan fingerprint density at radius 3 is 2.46 bits per heavy atom. The van der Waals surface area contributed by atoms with Gasteiger partial charge in [-0.1, -0.05) is 30.2 Å². The van der Waals surface area contributed by atoms with E-state index in [4.69, 9.17) is 16.6 Å². The minimum absolute atomic E-state index is 0.133. The van der Waals surface area contributed by atoms with Crippen LogP contribution in [-0.4, -0.2) is 79.7 Å². The third kappa shape index (κ3) is 4.23. The van der Waals surface area contributed by atoms with Crippen LogP contribution in [0.2, 0.25) is 5.15 Å². The number of rotatable bonds is 4. The van der Waals surface area contributed by atoms with Crippen molar-refractivity contribution in [3.8, 4) is 11.3 Å². The standard InChI is InChI=1S/C31H37ClN6O3/c1-19(2)37-18-33-25-17-24(34-28(32)27(25)37)20-6-7-23-26(14-20)38(22-15-21(16-22)35-10-4-3-5-11-35)29(39)31(23)8-12-36(13-9-31)30(40)41/h6-7,14,17-19,21-22H,3-5,8-13,15-16H2,1-2H3,(H,40,41). The number of hydrogen-bond donors (Lipinski definition) is 1. The number of carbonyl (C=O) groups excluding carboxylic acids is 1. The first-order valence-electron chi connectivity index (χ1n) is 15.0. The van der Waals surface area contributed by atoms with Gasteiger partial charge in [-0.05, 0) is 83.2 Å². The van der Waals surface area contributed by atoms with E-state index in [2.05, 4.69) is 40.8 Å². The minimum Gasteiger partial charge on any atom is -0.465 e. The van der Waals surface area contributed by atoms with Crippen LogP contribution >= 0.6 is 11.6 Å². The van der Waals surface area contributed by atoms with Crippen molar-refractivity contribution in [3.63, 3.8) is 0 Å². The van der Waals surface area contributed by atoms with E-state index >= 15 is 0 Å². The molecule has 3 aromatic rings. The molecule has 10 heteroatoms. The Morgan fingerprint density at radius 2 is 1.78 bits per heavy atom. The first-order chi connectivity index (χ1) is 19.8. The van der Waals surface area contributed by atoms with Gasteiger partial charge in [0, 0.05) is 42.5 Å². The highest BCUT2D eigenvalue weighted by atomic mass is 35.5. The Labute approximate surface area is 245 Å². The number of pyridine rings is 1. The second-order valence-corrected chi connectivity index (χ2v) is 12.9. The highest BCUT2D eigenvalue weighted by Gasteiger charge is 2.55. The van der Waals surface area contributed by atoms with Crippen LogP contribution in [0.25, 0.3) is 22.3 Å². The Hall–Kier alpha value is -3.17. The topological polar surface area (TPSA) is 94.8 Å². The van der Waals surface area contributed by atoms with Crippen LogP contribution in [0, 0.1) is 0 Å². The maximum Gasteiger partial charge on any atom is 0.407 e. The summed E-state index contributed by atoms with van der Waals surface area (Å²) in [6.45, 7) is 7.22. The SMILES string of the molecule is CC(C)n1cnc2cc(-c3ccc4c(c3)N(C3CC(N5CCCCC5)C3)C(=O)C43CCN(C(=O)O)CC3)nc(Cl)c21. The molecule has 2 aromatic heterocycles. The summed E-state index contributed by atoms with van der Waals surface area (Å²) < 4.78 is 2.03. The van der Waals surface area contributed by atoms with Gasteiger partial charge in [-0.15, -0.1) is 0 Å². The summed E-state index contributed by atoms with van der Waals surface area (Å²) in [5.74, 6) is 0.133. The molecule has 9 nitrogen and oxygen atoms in total. The first-order valence-corrected chi connectivity index (χ1v) is 15.4. The maximum absolute atomic E-state index is 14.4. The van der Waals surface area contributed by atoms with Gasteiger partial charge in [-0.25, -0.2) is 14.8 Å². The van der Waals surface area contributed by atoms with Crippen molar-refractivity contribution in [2.75, 3.05) is 31.1 Å². The number of piperidine rings is 2. The van der Waals surface area contributed by atoms with Crippen LogP contribution < -0.4 is 4.90 Å². The predicted octanol–water partition coefficient (Wildman–Crippen LogP) is 5.71. The monoisotopic (exact) mass is 576 g/mol. The van der Waals surface area contributed by atoms with Crippen LogP contribution in [0.3, 0.4) is 0 Å². The fraction of sp³-hybridized carbons (Fsp3) is 0.548. The molecule has 0 unspecified atom stereocenters. The smallest absolute Gasteiger partial charge is 0.407 e. The van der Waals surface area contributed by atoms with Crippen molar-refractivity contribution >= 4 is 40.3 Å². The van der Waals surface area contributed by atoms with Crippen molar-refractivity contribution < 1.29 is 14.7 Å². The maximum atomic E-state index is 14.4. The fourth-order valence-corrected chi connectivity index (χ4v) is 7.87. The van der Waals surface area contributed by atoms with Gasteiger partial charge >= 0.3 is 6.09 Å². The van der Waals surface area contributed by atoms with Crippen LogP contribution in [-0.2, 0) is 10.2 Å². The largest absolute Gasteiger partial charge is 0.465 e. The second-order valence-electron chi connectivity index (χ2n) is 12.5. The molecule has 2 amide bonds. The molecule has 41 heavy (non-hydrogen) atoms. The highest BCUT2D eigenvalue weighted by molar-refractivity contribution is 6.34. The van der Waals surface area contributed by atoms with Crippen LogP contribution in [0.5, 0.6) is 0 Å². The number of carbonyl (C=O) groups is 2. The number of imidazole rings is 1. The number of aromatic nitrogens is 3. The minimum atomic E-state index is -0.917. The van der Waals surface area contributed by atoms with E-state index in [1.54, 1.807) is 6.33 Å². The molecule has 1 aliphatic carbocycles. The van der Waals surface area contributed by atoms with Crippen molar-refractivity contribution in [2.24, 2.45) is 0 Å². The lowest BCUT2D eigenvalue weighted by atomic mass is 9.73. The number of benzene rings is 1. The van der Waals surface area contributed by atoms with E-state index in [9.17, 15) is 14.7 Å². The van der Waals surface area contributed by atoms with E-state index in [-0.39, 0.29) is 18.0 Å². The average molecular weight is 577 g/mol. The van der Waals surface area contributed by atoms with Gasteiger partial charge in [0.05, 0.1) is 23.0 Å². The molecule has 216 valence electrons. The predicted molar refractivity (Wildman–Crippen MR) is 159 cm³/mol. The van der Waals surface area contributed by atoms with Crippen LogP contribution in [0.1, 0.15) is 70.4 Å². The molecule has 0 bridgehead atoms. The molecule has 4 aliphatic rings. The van der Waals surface area contributed by atoms with Crippen molar-refractivity contribution in [2.45, 2.75) is 82.3 Å². The van der Waals surface area contributed by atoms with Gasteiger partial charge in [0.1, 0.15) is 5.52 Å². The number of likely N-dealkylation sites (tertiary alicyclic amines) is 2. The van der Waals surface area contributed by atoms with E-state index < -0.39 is 11.5 Å². The molecule has 7 rings (SSSR count). The van der Waals surface area contributed by atoms with Gasteiger partial charge in [0.25, 0.3) is 0 Å². The number of anilines is 1. The average Bonchev–Trinajstić information content (AvgIpc) is 3.48. The molecule has 1 spiro atoms. The zero-order valence-corrected chi connectivity index (χ0v) is 24.5. The summed E-state index contributed by atoms with van der Waals surface area (Å²) in [6, 6.07) is 9.08. The van der Waals surface area contributed by atoms with Gasteiger partial charge in [-0.2, -0.15) is 0 Å². The summed E-state index contributed by atoms with van der Waals surface area (Å²) in [5.41, 5.74) is 4.54. The third-order valence-corrected chi connectivity index (χ3v) is 10.3. The van der Waals surface area contributed by atoms with E-state index in [0.717, 1.165) is 59.5 Å². The molecular weight excluding hydrogens is 540 g/mol. The number of hydrogen-bond acceptors (Lipinski definition) is 5. The lowest BCUT2D eigenvalue weighted by Gasteiger charge is -2.48. The summed E-state index contributed by atoms with van der Waals surface area (Å²) in [6.07, 6.45) is 7.69. The summed E-state index contributed by atoms with van der Waals surface area (Å²) >= 11 is 6.71. The Bertz CT molecular complexity index is 1520. The summed E-state index contributed by atoms with van der Waals surface area (Å²) in [7, 11) is 0. The summed E-state index contributed by atoms with van der Waals surface area (Å²) in [5, 5.41) is 9.98. The fourth-order valence-electron chi connectivity index (χ4n) is 7.58. The Morgan fingerprint density at radius 1 is 1.05 bits per heavy atom. The van der Waals surface area contributed by atoms with Crippen molar-refractivity contribution in [1.82, 2.24) is 24.3 Å². The lowest BCUT2D eigenvalue weighted by Crippen LogP contribution is -2.58. The van der Waals surface area contributed by atoms with Gasteiger partial charge < -0.3 is 24.4 Å². The molecule has 1 aromatic carbocycles. The van der Waals surface area contributed by atoms with E-state index in [0.29, 0.717) is 37.1 Å². The van der Waals surface area contributed by atoms with E-state index in [1.165, 1.54) is 24.2 Å². The molecule has 3 aliphatic heterocycles. The third-order valence-electron chi connectivity index (χ3n) is 10.0. The molecule has 1 N–H and O–H groups in total. The molecule has 0 radical (unpaired) electrons. The first kappa shape index (κ1) is 26.7. The van der Waals surface area contributed by atoms with Crippen molar-refractivity contribution in [1.29, 1.82) is 0 Å². The number of nitrogens with zero attached hydrogens (tertiary/aromatic N) is 6. The highest BCUT2D eigenvalue weighted by Crippen LogP contribution is 2.52. The number of carboxylic acid groups (broad SMARTS) is 1. The number of amides is 2. The molecule has 5 heterocycles. The second kappa shape index (κ2) is 9.98. The molecular formula is C31H37ClN6O3. The Balaban J connectivity index is 1.25. The number of fused-ring (bicyclic) bond motifs is 3. The van der Waals surface area contributed by atoms with Crippen LogP contribution in [0.15, 0.2) is 30.6 Å². The van der Waals surface area contributed by atoms with Gasteiger partial charge in [-0.3, -0.25) is 4.79 Å². The van der Waals surface area contributed by atoms with E-state index in [1.807, 2.05) is 16.7 Å². The van der Waals surface area contributed by atoms with Crippen LogP contribution in [0.4, 0.5) is 10.5 Å². The normalized spacial score (nSPS) is 24.3. The molecule has 1 saturated carbocycles. The molecule has 2 saturated heterocycles. The summed E-state index contributed by atoms with van der Waals surface area (Å²) in [4.78, 5) is 41.5. The lowest BCUT2D eigenvalue weighted by molar-refractivity contribution is -0.125. The van der Waals surface area contributed by atoms with Gasteiger partial charge in [0.15, 0.2) is 5.15 Å². The molecule has 0 atom stereocenters. The molecule has 3 fully saturated rings. The van der Waals surface area contributed by atoms with Crippen molar-refractivity contribution in [3.05, 3.63) is 41.3 Å². The number of halogens is 1. The Kier molecular flexibility index (Phi) is 6.50. The van der Waals surface area contributed by atoms with Gasteiger partial charge in [0.2, 0.25) is 5.91 Å². The zero-order chi connectivity index (χ0) is 28.5.